The Labute approximate surface area is 85.4 Å². The van der Waals surface area contributed by atoms with E-state index in [0.717, 1.165) is 5.33 Å². The second-order valence-corrected chi connectivity index (χ2v) is 4.85. The van der Waals surface area contributed by atoms with Crippen molar-refractivity contribution in [1.29, 1.82) is 0 Å². The molecule has 0 N–H and O–H groups in total. The van der Waals surface area contributed by atoms with Gasteiger partial charge in [0.25, 0.3) is 0 Å². The molecule has 0 amide bonds. The number of rotatable bonds is 2. The first-order chi connectivity index (χ1) is 5.81. The number of alkyl halides is 1. The first-order valence-corrected chi connectivity index (χ1v) is 6.11. The summed E-state index contributed by atoms with van der Waals surface area (Å²) in [6.07, 6.45) is 3.92. The molecule has 1 aromatic heterocycles. The smallest absolute Gasteiger partial charge is 0.0310 e. The largest absolute Gasteiger partial charge is 0.140 e. The zero-order valence-electron chi connectivity index (χ0n) is 6.90. The van der Waals surface area contributed by atoms with Crippen LogP contribution in [0.25, 0.3) is 5.57 Å². The van der Waals surface area contributed by atoms with E-state index in [-0.39, 0.29) is 0 Å². The topological polar surface area (TPSA) is 0 Å². The van der Waals surface area contributed by atoms with Gasteiger partial charge in [-0.25, -0.2) is 0 Å². The highest BCUT2D eigenvalue weighted by Crippen LogP contribution is 2.33. The van der Waals surface area contributed by atoms with Crippen molar-refractivity contribution >= 4 is 32.8 Å². The number of thiophene rings is 1. The van der Waals surface area contributed by atoms with Crippen LogP contribution < -0.4 is 0 Å². The Balaban J connectivity index is 2.31. The third-order valence-corrected chi connectivity index (χ3v) is 4.27. The minimum Gasteiger partial charge on any atom is -0.140 e. The van der Waals surface area contributed by atoms with Crippen LogP contribution in [0.2, 0.25) is 0 Å². The second-order valence-electron chi connectivity index (χ2n) is 3.15. The van der Waals surface area contributed by atoms with Gasteiger partial charge in [-0.2, -0.15) is 0 Å². The molecule has 0 saturated heterocycles. The molecule has 12 heavy (non-hydrogen) atoms. The lowest BCUT2D eigenvalue weighted by Crippen LogP contribution is -1.77. The number of aryl methyl sites for hydroxylation is 2. The fourth-order valence-corrected chi connectivity index (χ4v) is 3.28. The maximum absolute atomic E-state index is 4.02. The van der Waals surface area contributed by atoms with E-state index in [2.05, 4.69) is 28.6 Å². The van der Waals surface area contributed by atoms with Crippen molar-refractivity contribution in [3.05, 3.63) is 28.0 Å². The molecule has 0 aromatic carbocycles. The third kappa shape index (κ3) is 1.38. The monoisotopic (exact) mass is 242 g/mol. The van der Waals surface area contributed by atoms with Crippen molar-refractivity contribution in [2.45, 2.75) is 19.3 Å². The van der Waals surface area contributed by atoms with Crippen molar-refractivity contribution in [2.75, 3.05) is 5.33 Å². The second kappa shape index (κ2) is 3.35. The molecule has 2 rings (SSSR count). The van der Waals surface area contributed by atoms with Gasteiger partial charge in [-0.15, -0.1) is 11.3 Å². The molecule has 0 aliphatic heterocycles. The standard InChI is InChI=1S/C10H11BrS/c1-7(6-11)10-5-8-3-2-4-9(8)12-10/h5H,1-4,6H2. The van der Waals surface area contributed by atoms with Gasteiger partial charge in [0.2, 0.25) is 0 Å². The predicted octanol–water partition coefficient (Wildman–Crippen LogP) is 3.64. The van der Waals surface area contributed by atoms with Gasteiger partial charge in [0, 0.05) is 15.1 Å². The summed E-state index contributed by atoms with van der Waals surface area (Å²) >= 11 is 5.36. The average molecular weight is 243 g/mol. The maximum Gasteiger partial charge on any atom is 0.0310 e. The van der Waals surface area contributed by atoms with Crippen molar-refractivity contribution < 1.29 is 0 Å². The summed E-state index contributed by atoms with van der Waals surface area (Å²) in [5.41, 5.74) is 2.78. The Kier molecular flexibility index (Phi) is 2.37. The van der Waals surface area contributed by atoms with Crippen molar-refractivity contribution in [1.82, 2.24) is 0 Å². The van der Waals surface area contributed by atoms with Gasteiger partial charge < -0.3 is 0 Å². The van der Waals surface area contributed by atoms with Gasteiger partial charge in [0.15, 0.2) is 0 Å². The molecule has 0 radical (unpaired) electrons. The summed E-state index contributed by atoms with van der Waals surface area (Å²) in [6, 6.07) is 2.32. The molecule has 0 spiro atoms. The number of halogens is 1. The lowest BCUT2D eigenvalue weighted by atomic mass is 10.2. The number of fused-ring (bicyclic) bond motifs is 1. The Morgan fingerprint density at radius 3 is 3.08 bits per heavy atom. The molecular formula is C10H11BrS. The van der Waals surface area contributed by atoms with Crippen molar-refractivity contribution in [2.24, 2.45) is 0 Å². The fourth-order valence-electron chi connectivity index (χ4n) is 1.57. The Morgan fingerprint density at radius 2 is 2.42 bits per heavy atom. The molecule has 1 aromatic rings. The molecular weight excluding hydrogens is 232 g/mol. The van der Waals surface area contributed by atoms with E-state index in [1.165, 1.54) is 29.7 Å². The quantitative estimate of drug-likeness (QED) is 0.695. The number of allylic oxidation sites excluding steroid dienone is 1. The van der Waals surface area contributed by atoms with E-state index in [0.29, 0.717) is 0 Å². The summed E-state index contributed by atoms with van der Waals surface area (Å²) in [6.45, 7) is 4.02. The lowest BCUT2D eigenvalue weighted by molar-refractivity contribution is 0.914. The zero-order chi connectivity index (χ0) is 8.55. The van der Waals surface area contributed by atoms with Crippen LogP contribution in [0.3, 0.4) is 0 Å². The molecule has 0 unspecified atom stereocenters. The third-order valence-electron chi connectivity index (χ3n) is 2.26. The highest BCUT2D eigenvalue weighted by Gasteiger charge is 2.15. The zero-order valence-corrected chi connectivity index (χ0v) is 9.30. The van der Waals surface area contributed by atoms with E-state index in [1.807, 2.05) is 11.3 Å². The van der Waals surface area contributed by atoms with Crippen molar-refractivity contribution in [3.63, 3.8) is 0 Å². The van der Waals surface area contributed by atoms with E-state index in [4.69, 9.17) is 0 Å². The molecule has 1 heterocycles. The highest BCUT2D eigenvalue weighted by atomic mass is 79.9. The average Bonchev–Trinajstić information content (AvgIpc) is 2.60. The molecule has 1 aliphatic rings. The fraction of sp³-hybridized carbons (Fsp3) is 0.400. The summed E-state index contributed by atoms with van der Waals surface area (Å²) in [7, 11) is 0. The minimum absolute atomic E-state index is 0.895. The van der Waals surface area contributed by atoms with Gasteiger partial charge in [-0.3, -0.25) is 0 Å². The summed E-state index contributed by atoms with van der Waals surface area (Å²) in [5, 5.41) is 0.895. The van der Waals surface area contributed by atoms with Gasteiger partial charge in [0.05, 0.1) is 0 Å². The molecule has 0 saturated carbocycles. The van der Waals surface area contributed by atoms with Gasteiger partial charge >= 0.3 is 0 Å². The summed E-state index contributed by atoms with van der Waals surface area (Å²) < 4.78 is 0. The Morgan fingerprint density at radius 1 is 1.58 bits per heavy atom. The molecule has 64 valence electrons. The summed E-state index contributed by atoms with van der Waals surface area (Å²) in [5.74, 6) is 0. The van der Waals surface area contributed by atoms with Crippen LogP contribution in [0.1, 0.15) is 21.7 Å². The molecule has 0 atom stereocenters. The Bertz CT molecular complexity index is 290. The van der Waals surface area contributed by atoms with Crippen LogP contribution >= 0.6 is 27.3 Å². The molecule has 0 fully saturated rings. The van der Waals surface area contributed by atoms with Crippen LogP contribution in [0.5, 0.6) is 0 Å². The molecule has 0 nitrogen and oxygen atoms in total. The molecule has 0 bridgehead atoms. The minimum atomic E-state index is 0.895. The van der Waals surface area contributed by atoms with E-state index in [9.17, 15) is 0 Å². The van der Waals surface area contributed by atoms with Gasteiger partial charge in [0.1, 0.15) is 0 Å². The SMILES string of the molecule is C=C(CBr)c1cc2c(s1)CCC2. The van der Waals surface area contributed by atoms with Crippen LogP contribution in [0.15, 0.2) is 12.6 Å². The molecule has 2 heteroatoms. The van der Waals surface area contributed by atoms with Crippen molar-refractivity contribution in [3.8, 4) is 0 Å². The van der Waals surface area contributed by atoms with E-state index < -0.39 is 0 Å². The Hall–Kier alpha value is -0.0800. The molecule has 1 aliphatic carbocycles. The van der Waals surface area contributed by atoms with Crippen LogP contribution in [0, 0.1) is 0 Å². The first kappa shape index (κ1) is 8.52. The highest BCUT2D eigenvalue weighted by molar-refractivity contribution is 9.09. The van der Waals surface area contributed by atoms with Crippen LogP contribution in [-0.2, 0) is 12.8 Å². The summed E-state index contributed by atoms with van der Waals surface area (Å²) in [4.78, 5) is 2.96. The normalized spacial score (nSPS) is 14.8. The number of hydrogen-bond donors (Lipinski definition) is 0. The predicted molar refractivity (Wildman–Crippen MR) is 59.2 cm³/mol. The van der Waals surface area contributed by atoms with Crippen LogP contribution in [0.4, 0.5) is 0 Å². The van der Waals surface area contributed by atoms with E-state index in [1.54, 1.807) is 10.4 Å². The van der Waals surface area contributed by atoms with Gasteiger partial charge in [-0.05, 0) is 36.5 Å². The first-order valence-electron chi connectivity index (χ1n) is 4.17. The maximum atomic E-state index is 4.02. The van der Waals surface area contributed by atoms with Crippen LogP contribution in [-0.4, -0.2) is 5.33 Å². The lowest BCUT2D eigenvalue weighted by Gasteiger charge is -1.94. The van der Waals surface area contributed by atoms with Gasteiger partial charge in [-0.1, -0.05) is 22.5 Å². The number of hydrogen-bond acceptors (Lipinski definition) is 1. The van der Waals surface area contributed by atoms with E-state index >= 15 is 0 Å².